The number of nitrogens with one attached hydrogen (secondary N) is 3. The highest BCUT2D eigenvalue weighted by Crippen LogP contribution is 2.52. The summed E-state index contributed by atoms with van der Waals surface area (Å²) in [6.07, 6.45) is 15.8. The molecule has 5 aliphatic rings. The molecule has 2 bridgehead atoms. The lowest BCUT2D eigenvalue weighted by atomic mass is 9.67. The van der Waals surface area contributed by atoms with Crippen molar-refractivity contribution < 1.29 is 9.59 Å². The standard InChI is InChI=1S/C42H43N7O2/c1-48-20-2-4-36(48)41-44-22-34(46-41)28-10-6-26(7-11-28)32-18-19-33(40-31-16-14-30(15-17-31)39(32)40)27-8-12-29(13-9-27)35-23-45-42(47-35)37-5-3-21-49(37)38(51)24-43-25-50/h6-14,16,18-19,22-23,25,30-31,36-37H,2-5,15,17,20-21,24H2,1H3,(H,43,50)(H,44,46)(H,45,47)/t30?,31?,36-,37-/m0/s1. The lowest BCUT2D eigenvalue weighted by molar-refractivity contribution is -0.132. The minimum absolute atomic E-state index is 0.00863. The molecule has 5 aromatic rings. The Kier molecular flexibility index (Phi) is 8.15. The molecule has 2 aromatic heterocycles. The first kappa shape index (κ1) is 31.7. The van der Waals surface area contributed by atoms with Gasteiger partial charge < -0.3 is 20.2 Å². The summed E-state index contributed by atoms with van der Waals surface area (Å²) < 4.78 is 0. The highest BCUT2D eigenvalue weighted by Gasteiger charge is 2.34. The van der Waals surface area contributed by atoms with Crippen LogP contribution in [0.4, 0.5) is 0 Å². The fourth-order valence-corrected chi connectivity index (χ4v) is 9.04. The zero-order valence-corrected chi connectivity index (χ0v) is 28.9. The number of H-pyrrole nitrogens is 2. The molecule has 2 fully saturated rings. The van der Waals surface area contributed by atoms with Crippen LogP contribution in [0.25, 0.3) is 44.8 Å². The number of aromatic nitrogens is 4. The van der Waals surface area contributed by atoms with E-state index in [1.165, 1.54) is 52.6 Å². The van der Waals surface area contributed by atoms with E-state index in [9.17, 15) is 9.59 Å². The van der Waals surface area contributed by atoms with Gasteiger partial charge in [-0.1, -0.05) is 72.8 Å². The molecule has 10 rings (SSSR count). The predicted molar refractivity (Wildman–Crippen MR) is 199 cm³/mol. The van der Waals surface area contributed by atoms with Gasteiger partial charge in [0.15, 0.2) is 0 Å². The molecule has 4 heterocycles. The van der Waals surface area contributed by atoms with Crippen LogP contribution in [0.1, 0.15) is 85.2 Å². The summed E-state index contributed by atoms with van der Waals surface area (Å²) >= 11 is 0. The second-order valence-electron chi connectivity index (χ2n) is 14.6. The third kappa shape index (κ3) is 5.69. The third-order valence-electron chi connectivity index (χ3n) is 11.7. The summed E-state index contributed by atoms with van der Waals surface area (Å²) in [7, 11) is 2.18. The topological polar surface area (TPSA) is 110 Å². The maximum Gasteiger partial charge on any atom is 0.242 e. The van der Waals surface area contributed by atoms with Crippen molar-refractivity contribution in [3.63, 3.8) is 0 Å². The number of allylic oxidation sites excluding steroid dienone is 2. The Morgan fingerprint density at radius 1 is 0.725 bits per heavy atom. The van der Waals surface area contributed by atoms with Crippen LogP contribution >= 0.6 is 0 Å². The van der Waals surface area contributed by atoms with Gasteiger partial charge in [-0.05, 0) is 96.6 Å². The Bertz CT molecular complexity index is 2110. The van der Waals surface area contributed by atoms with E-state index in [-0.39, 0.29) is 18.5 Å². The Hall–Kier alpha value is -5.28. The van der Waals surface area contributed by atoms with E-state index in [1.54, 1.807) is 0 Å². The highest BCUT2D eigenvalue weighted by atomic mass is 16.2. The molecule has 2 aliphatic heterocycles. The molecule has 3 aromatic carbocycles. The van der Waals surface area contributed by atoms with Gasteiger partial charge in [0.2, 0.25) is 12.3 Å². The molecular weight excluding hydrogens is 635 g/mol. The van der Waals surface area contributed by atoms with Crippen molar-refractivity contribution >= 4 is 12.3 Å². The van der Waals surface area contributed by atoms with Crippen LogP contribution in [0.2, 0.25) is 0 Å². The minimum Gasteiger partial charge on any atom is -0.350 e. The quantitative estimate of drug-likeness (QED) is 0.111. The zero-order chi connectivity index (χ0) is 34.5. The van der Waals surface area contributed by atoms with Gasteiger partial charge in [0.05, 0.1) is 42.4 Å². The van der Waals surface area contributed by atoms with Crippen LogP contribution in [0.15, 0.2) is 85.2 Å². The number of amides is 2. The van der Waals surface area contributed by atoms with Crippen LogP contribution < -0.4 is 5.32 Å². The normalized spacial score (nSPS) is 22.4. The summed E-state index contributed by atoms with van der Waals surface area (Å²) in [5, 5.41) is 2.49. The second-order valence-corrected chi connectivity index (χ2v) is 14.6. The molecular formula is C42H43N7O2. The summed E-state index contributed by atoms with van der Waals surface area (Å²) in [5.74, 6) is 2.62. The lowest BCUT2D eigenvalue weighted by Gasteiger charge is -2.37. The minimum atomic E-state index is -0.106. The molecule has 0 radical (unpaired) electrons. The van der Waals surface area contributed by atoms with Gasteiger partial charge in [-0.2, -0.15) is 0 Å². The first-order valence-corrected chi connectivity index (χ1v) is 18.4. The van der Waals surface area contributed by atoms with E-state index >= 15 is 0 Å². The molecule has 2 unspecified atom stereocenters. The number of nitrogens with zero attached hydrogens (tertiary/aromatic N) is 4. The molecule has 2 amide bonds. The van der Waals surface area contributed by atoms with Crippen LogP contribution in [0.3, 0.4) is 0 Å². The number of imidazole rings is 2. The number of rotatable bonds is 9. The van der Waals surface area contributed by atoms with Gasteiger partial charge in [0, 0.05) is 18.4 Å². The number of hydrogen-bond donors (Lipinski definition) is 3. The largest absolute Gasteiger partial charge is 0.350 e. The Balaban J connectivity index is 0.976. The number of carbonyl (C=O) groups excluding carboxylic acids is 2. The van der Waals surface area contributed by atoms with Gasteiger partial charge in [-0.15, -0.1) is 0 Å². The fraction of sp³-hybridized carbons (Fsp3) is 0.333. The number of fused-ring (bicyclic) bond motifs is 1. The number of carbonyl (C=O) groups is 2. The zero-order valence-electron chi connectivity index (χ0n) is 28.9. The fourth-order valence-electron chi connectivity index (χ4n) is 9.04. The molecule has 3 N–H and O–H groups in total. The first-order chi connectivity index (χ1) is 25.1. The van der Waals surface area contributed by atoms with Crippen LogP contribution in [-0.4, -0.2) is 68.7 Å². The summed E-state index contributed by atoms with van der Waals surface area (Å²) in [6, 6.07) is 22.7. The van der Waals surface area contributed by atoms with E-state index in [2.05, 4.69) is 105 Å². The van der Waals surface area contributed by atoms with E-state index in [4.69, 9.17) is 4.98 Å². The summed E-state index contributed by atoms with van der Waals surface area (Å²) in [6.45, 7) is 1.81. The van der Waals surface area contributed by atoms with Gasteiger partial charge in [0.25, 0.3) is 0 Å². The number of benzene rings is 3. The molecule has 3 aliphatic carbocycles. The third-order valence-corrected chi connectivity index (χ3v) is 11.7. The monoisotopic (exact) mass is 677 g/mol. The van der Waals surface area contributed by atoms with Gasteiger partial charge in [-0.25, -0.2) is 9.97 Å². The second kappa shape index (κ2) is 13.1. The van der Waals surface area contributed by atoms with Crippen molar-refractivity contribution in [1.29, 1.82) is 0 Å². The molecule has 0 spiro atoms. The summed E-state index contributed by atoms with van der Waals surface area (Å²) in [5.41, 5.74) is 12.3. The first-order valence-electron chi connectivity index (χ1n) is 18.4. The molecule has 51 heavy (non-hydrogen) atoms. The molecule has 2 saturated heterocycles. The Morgan fingerprint density at radius 2 is 1.24 bits per heavy atom. The Labute approximate surface area is 298 Å². The maximum atomic E-state index is 12.7. The average Bonchev–Trinajstić information content (AvgIpc) is 4.02. The van der Waals surface area contributed by atoms with Crippen LogP contribution in [0.5, 0.6) is 0 Å². The highest BCUT2D eigenvalue weighted by molar-refractivity contribution is 5.82. The number of hydrogen-bond acceptors (Lipinski definition) is 5. The summed E-state index contributed by atoms with van der Waals surface area (Å²) in [4.78, 5) is 44.1. The van der Waals surface area contributed by atoms with Crippen molar-refractivity contribution in [3.8, 4) is 44.8 Å². The van der Waals surface area contributed by atoms with Crippen LogP contribution in [-0.2, 0) is 9.59 Å². The van der Waals surface area contributed by atoms with Gasteiger partial charge >= 0.3 is 0 Å². The Morgan fingerprint density at radius 3 is 1.75 bits per heavy atom. The lowest BCUT2D eigenvalue weighted by Crippen LogP contribution is -2.37. The predicted octanol–water partition coefficient (Wildman–Crippen LogP) is 7.51. The van der Waals surface area contributed by atoms with Crippen molar-refractivity contribution in [2.45, 2.75) is 62.4 Å². The van der Waals surface area contributed by atoms with Gasteiger partial charge in [-0.3, -0.25) is 14.5 Å². The SMILES string of the molecule is CN1CCC[C@H]1c1ncc(-c2ccc(-c3ccc(-c4ccc(-c5cnc([C@@H]6CCCN6C(=O)CNC=O)[nH]5)cc4)c4c3C3C=CC4CC3)cc2)[nH]1. The van der Waals surface area contributed by atoms with Crippen molar-refractivity contribution in [2.75, 3.05) is 26.7 Å². The smallest absolute Gasteiger partial charge is 0.242 e. The molecule has 258 valence electrons. The molecule has 0 saturated carbocycles. The maximum absolute atomic E-state index is 12.7. The van der Waals surface area contributed by atoms with E-state index in [1.807, 2.05) is 17.3 Å². The van der Waals surface area contributed by atoms with E-state index in [0.29, 0.717) is 30.8 Å². The number of aromatic amines is 2. The number of likely N-dealkylation sites (tertiary alicyclic amines) is 2. The molecule has 4 atom stereocenters. The van der Waals surface area contributed by atoms with Crippen molar-refractivity contribution in [1.82, 2.24) is 35.1 Å². The molecule has 9 nitrogen and oxygen atoms in total. The van der Waals surface area contributed by atoms with Crippen molar-refractivity contribution in [3.05, 3.63) is 108 Å². The van der Waals surface area contributed by atoms with Crippen LogP contribution in [0, 0.1) is 0 Å². The van der Waals surface area contributed by atoms with E-state index < -0.39 is 0 Å². The molecule has 9 heteroatoms. The van der Waals surface area contributed by atoms with Gasteiger partial charge in [0.1, 0.15) is 11.6 Å². The van der Waals surface area contributed by atoms with E-state index in [0.717, 1.165) is 60.0 Å². The average molecular weight is 678 g/mol. The van der Waals surface area contributed by atoms with Crippen molar-refractivity contribution in [2.24, 2.45) is 0 Å².